The first-order valence-electron chi connectivity index (χ1n) is 3.64. The fourth-order valence-electron chi connectivity index (χ4n) is 1.47. The molecule has 0 aromatic carbocycles. The van der Waals surface area contributed by atoms with Gasteiger partial charge in [0, 0.05) is 6.42 Å². The van der Waals surface area contributed by atoms with Crippen molar-refractivity contribution in [3.8, 4) is 0 Å². The minimum absolute atomic E-state index is 0.641. The van der Waals surface area contributed by atoms with Gasteiger partial charge in [0.25, 0.3) is 0 Å². The van der Waals surface area contributed by atoms with E-state index in [0.717, 1.165) is 12.8 Å². The van der Waals surface area contributed by atoms with Crippen molar-refractivity contribution in [2.24, 2.45) is 5.92 Å². The lowest BCUT2D eigenvalue weighted by atomic mass is 10.0. The molecule has 1 heteroatoms. The Bertz CT molecular complexity index is 136. The van der Waals surface area contributed by atoms with Gasteiger partial charge >= 0.3 is 0 Å². The van der Waals surface area contributed by atoms with Crippen molar-refractivity contribution in [3.63, 3.8) is 0 Å². The van der Waals surface area contributed by atoms with E-state index in [1.54, 1.807) is 0 Å². The minimum Gasteiger partial charge on any atom is -0.512 e. The average molecular weight is 126 g/mol. The van der Waals surface area contributed by atoms with Gasteiger partial charge in [0.2, 0.25) is 0 Å². The second kappa shape index (κ2) is 2.42. The molecule has 0 fully saturated rings. The van der Waals surface area contributed by atoms with Gasteiger partial charge in [-0.25, -0.2) is 0 Å². The standard InChI is InChI=1S/C8H14O/c1-3-7-4-5-8(9)6(7)2/h7,9H,3-5H2,1-2H3. The van der Waals surface area contributed by atoms with Crippen molar-refractivity contribution < 1.29 is 5.11 Å². The smallest absolute Gasteiger partial charge is 0.0914 e. The highest BCUT2D eigenvalue weighted by molar-refractivity contribution is 5.14. The fourth-order valence-corrected chi connectivity index (χ4v) is 1.47. The number of hydrogen-bond acceptors (Lipinski definition) is 1. The molecule has 1 unspecified atom stereocenters. The van der Waals surface area contributed by atoms with Crippen LogP contribution in [0, 0.1) is 5.92 Å². The minimum atomic E-state index is 0.641. The van der Waals surface area contributed by atoms with Gasteiger partial charge in [-0.05, 0) is 31.3 Å². The normalized spacial score (nSPS) is 27.6. The Morgan fingerprint density at radius 2 is 2.33 bits per heavy atom. The molecule has 0 amide bonds. The van der Waals surface area contributed by atoms with Gasteiger partial charge in [0.15, 0.2) is 0 Å². The third-order valence-electron chi connectivity index (χ3n) is 2.29. The molecule has 0 spiro atoms. The number of allylic oxidation sites excluding steroid dienone is 2. The molecule has 0 bridgehead atoms. The molecular formula is C8H14O. The predicted octanol–water partition coefficient (Wildman–Crippen LogP) is 2.64. The number of aliphatic hydroxyl groups excluding tert-OH is 1. The summed E-state index contributed by atoms with van der Waals surface area (Å²) in [5, 5.41) is 9.18. The first-order valence-corrected chi connectivity index (χ1v) is 3.64. The van der Waals surface area contributed by atoms with Crippen LogP contribution in [0.25, 0.3) is 0 Å². The van der Waals surface area contributed by atoms with Gasteiger partial charge in [-0.1, -0.05) is 6.92 Å². The van der Waals surface area contributed by atoms with E-state index in [4.69, 9.17) is 0 Å². The maximum atomic E-state index is 9.18. The number of aliphatic hydroxyl groups is 1. The Balaban J connectivity index is 2.63. The van der Waals surface area contributed by atoms with Crippen molar-refractivity contribution in [2.45, 2.75) is 33.1 Å². The summed E-state index contributed by atoms with van der Waals surface area (Å²) in [6, 6.07) is 0. The van der Waals surface area contributed by atoms with E-state index in [1.807, 2.05) is 6.92 Å². The Morgan fingerprint density at radius 1 is 1.67 bits per heavy atom. The molecule has 9 heavy (non-hydrogen) atoms. The molecule has 0 aromatic rings. The van der Waals surface area contributed by atoms with Crippen LogP contribution in [-0.2, 0) is 0 Å². The predicted molar refractivity (Wildman–Crippen MR) is 38.3 cm³/mol. The lowest BCUT2D eigenvalue weighted by Gasteiger charge is -2.05. The van der Waals surface area contributed by atoms with E-state index in [2.05, 4.69) is 6.92 Å². The van der Waals surface area contributed by atoms with Crippen molar-refractivity contribution >= 4 is 0 Å². The van der Waals surface area contributed by atoms with E-state index < -0.39 is 0 Å². The van der Waals surface area contributed by atoms with Crippen LogP contribution in [0.2, 0.25) is 0 Å². The Morgan fingerprint density at radius 3 is 2.56 bits per heavy atom. The number of rotatable bonds is 1. The molecule has 1 nitrogen and oxygen atoms in total. The van der Waals surface area contributed by atoms with Crippen molar-refractivity contribution in [1.82, 2.24) is 0 Å². The first kappa shape index (κ1) is 6.66. The van der Waals surface area contributed by atoms with Crippen LogP contribution < -0.4 is 0 Å². The molecule has 1 N–H and O–H groups in total. The molecule has 0 aliphatic heterocycles. The Labute approximate surface area is 56.4 Å². The summed E-state index contributed by atoms with van der Waals surface area (Å²) >= 11 is 0. The highest BCUT2D eigenvalue weighted by Crippen LogP contribution is 2.31. The first-order chi connectivity index (χ1) is 4.25. The van der Waals surface area contributed by atoms with E-state index >= 15 is 0 Å². The third-order valence-corrected chi connectivity index (χ3v) is 2.29. The summed E-state index contributed by atoms with van der Waals surface area (Å²) < 4.78 is 0. The highest BCUT2D eigenvalue weighted by atomic mass is 16.3. The molecule has 1 aliphatic rings. The largest absolute Gasteiger partial charge is 0.512 e. The Hall–Kier alpha value is -0.460. The van der Waals surface area contributed by atoms with E-state index in [0.29, 0.717) is 11.7 Å². The molecule has 0 saturated carbocycles. The molecule has 0 radical (unpaired) electrons. The zero-order valence-corrected chi connectivity index (χ0v) is 6.15. The molecule has 1 atom stereocenters. The Kier molecular flexibility index (Phi) is 1.79. The lowest BCUT2D eigenvalue weighted by Crippen LogP contribution is -1.92. The van der Waals surface area contributed by atoms with Gasteiger partial charge in [-0.2, -0.15) is 0 Å². The van der Waals surface area contributed by atoms with E-state index in [-0.39, 0.29) is 0 Å². The van der Waals surface area contributed by atoms with Gasteiger partial charge in [-0.15, -0.1) is 0 Å². The van der Waals surface area contributed by atoms with Crippen LogP contribution >= 0.6 is 0 Å². The van der Waals surface area contributed by atoms with E-state index in [1.165, 1.54) is 12.0 Å². The highest BCUT2D eigenvalue weighted by Gasteiger charge is 2.19. The SMILES string of the molecule is CCC1CCC(O)=C1C. The second-order valence-corrected chi connectivity index (χ2v) is 2.77. The molecule has 52 valence electrons. The van der Waals surface area contributed by atoms with Crippen molar-refractivity contribution in [2.75, 3.05) is 0 Å². The lowest BCUT2D eigenvalue weighted by molar-refractivity contribution is 0.393. The second-order valence-electron chi connectivity index (χ2n) is 2.77. The van der Waals surface area contributed by atoms with Gasteiger partial charge in [0.1, 0.15) is 0 Å². The van der Waals surface area contributed by atoms with Gasteiger partial charge < -0.3 is 5.11 Å². The van der Waals surface area contributed by atoms with Crippen LogP contribution in [0.5, 0.6) is 0 Å². The summed E-state index contributed by atoms with van der Waals surface area (Å²) in [5.41, 5.74) is 1.22. The molecule has 1 aliphatic carbocycles. The van der Waals surface area contributed by atoms with Crippen molar-refractivity contribution in [1.29, 1.82) is 0 Å². The zero-order valence-electron chi connectivity index (χ0n) is 6.15. The van der Waals surface area contributed by atoms with Crippen LogP contribution in [0.4, 0.5) is 0 Å². The summed E-state index contributed by atoms with van der Waals surface area (Å²) in [6.45, 7) is 4.21. The maximum Gasteiger partial charge on any atom is 0.0914 e. The quantitative estimate of drug-likeness (QED) is 0.572. The van der Waals surface area contributed by atoms with Gasteiger partial charge in [0.05, 0.1) is 5.76 Å². The number of hydrogen-bond donors (Lipinski definition) is 1. The van der Waals surface area contributed by atoms with Crippen molar-refractivity contribution in [3.05, 3.63) is 11.3 Å². The molecule has 0 aromatic heterocycles. The molecular weight excluding hydrogens is 112 g/mol. The summed E-state index contributed by atoms with van der Waals surface area (Å²) in [5.74, 6) is 1.31. The van der Waals surface area contributed by atoms with E-state index in [9.17, 15) is 5.11 Å². The maximum absolute atomic E-state index is 9.18. The summed E-state index contributed by atoms with van der Waals surface area (Å²) in [4.78, 5) is 0. The molecule has 1 rings (SSSR count). The fraction of sp³-hybridized carbons (Fsp3) is 0.750. The van der Waals surface area contributed by atoms with Crippen LogP contribution in [0.3, 0.4) is 0 Å². The molecule has 0 heterocycles. The zero-order chi connectivity index (χ0) is 6.85. The third kappa shape index (κ3) is 1.09. The summed E-state index contributed by atoms with van der Waals surface area (Å²) in [7, 11) is 0. The average Bonchev–Trinajstić information content (AvgIpc) is 2.15. The molecule has 0 saturated heterocycles. The monoisotopic (exact) mass is 126 g/mol. The van der Waals surface area contributed by atoms with Crippen LogP contribution in [-0.4, -0.2) is 5.11 Å². The van der Waals surface area contributed by atoms with Crippen LogP contribution in [0.1, 0.15) is 33.1 Å². The summed E-state index contributed by atoms with van der Waals surface area (Å²) in [6.07, 6.45) is 3.24. The van der Waals surface area contributed by atoms with Gasteiger partial charge in [-0.3, -0.25) is 0 Å². The van der Waals surface area contributed by atoms with Crippen LogP contribution in [0.15, 0.2) is 11.3 Å². The topological polar surface area (TPSA) is 20.2 Å².